The number of alkyl halides is 3. The molecule has 0 radical (unpaired) electrons. The third-order valence-electron chi connectivity index (χ3n) is 4.03. The van der Waals surface area contributed by atoms with E-state index in [0.717, 1.165) is 4.90 Å². The first-order valence-corrected chi connectivity index (χ1v) is 7.47. The van der Waals surface area contributed by atoms with Gasteiger partial charge in [-0.2, -0.15) is 13.2 Å². The van der Waals surface area contributed by atoms with Crippen LogP contribution in [0.5, 0.6) is 0 Å². The zero-order chi connectivity index (χ0) is 16.6. The lowest BCUT2D eigenvalue weighted by molar-refractivity contribution is -0.188. The van der Waals surface area contributed by atoms with E-state index < -0.39 is 12.1 Å². The van der Waals surface area contributed by atoms with E-state index in [2.05, 4.69) is 10.2 Å². The molecule has 2 saturated heterocycles. The SMILES string of the molecule is O=C(N1CC[C@H]2OCCN(c3ccc(Cl)nn3)[C@H]2C1)C(F)(F)F. The van der Waals surface area contributed by atoms with Gasteiger partial charge < -0.3 is 14.5 Å². The number of anilines is 1. The maximum atomic E-state index is 12.6. The highest BCUT2D eigenvalue weighted by Crippen LogP contribution is 2.29. The minimum absolute atomic E-state index is 0.0274. The Morgan fingerprint density at radius 2 is 2.09 bits per heavy atom. The predicted molar refractivity (Wildman–Crippen MR) is 75.2 cm³/mol. The molecule has 1 aromatic heterocycles. The molecule has 2 fully saturated rings. The molecule has 0 bridgehead atoms. The average molecular weight is 351 g/mol. The molecule has 0 spiro atoms. The molecule has 1 aromatic rings. The van der Waals surface area contributed by atoms with E-state index in [-0.39, 0.29) is 30.4 Å². The molecule has 1 amide bonds. The molecule has 0 saturated carbocycles. The molecule has 0 aromatic carbocycles. The van der Waals surface area contributed by atoms with Crippen molar-refractivity contribution in [3.05, 3.63) is 17.3 Å². The summed E-state index contributed by atoms with van der Waals surface area (Å²) >= 11 is 5.71. The number of ether oxygens (including phenoxy) is 1. The van der Waals surface area contributed by atoms with E-state index in [9.17, 15) is 18.0 Å². The summed E-state index contributed by atoms with van der Waals surface area (Å²) in [7, 11) is 0. The Bertz CT molecular complexity index is 584. The van der Waals surface area contributed by atoms with Crippen molar-refractivity contribution in [1.29, 1.82) is 0 Å². The molecule has 2 aliphatic rings. The lowest BCUT2D eigenvalue weighted by atomic mass is 9.98. The zero-order valence-electron chi connectivity index (χ0n) is 12.0. The third-order valence-corrected chi connectivity index (χ3v) is 4.23. The topological polar surface area (TPSA) is 58.6 Å². The lowest BCUT2D eigenvalue weighted by Gasteiger charge is -2.47. The number of carbonyl (C=O) groups is 1. The number of amides is 1. The number of likely N-dealkylation sites (tertiary alicyclic amines) is 1. The van der Waals surface area contributed by atoms with Crippen molar-refractivity contribution in [2.45, 2.75) is 24.7 Å². The quantitative estimate of drug-likeness (QED) is 0.768. The number of aromatic nitrogens is 2. The maximum absolute atomic E-state index is 12.6. The lowest BCUT2D eigenvalue weighted by Crippen LogP contribution is -2.62. The van der Waals surface area contributed by atoms with Crippen LogP contribution >= 0.6 is 11.6 Å². The van der Waals surface area contributed by atoms with Gasteiger partial charge in [0.1, 0.15) is 0 Å². The second-order valence-electron chi connectivity index (χ2n) is 5.42. The van der Waals surface area contributed by atoms with Crippen LogP contribution in [0.1, 0.15) is 6.42 Å². The van der Waals surface area contributed by atoms with Crippen molar-refractivity contribution in [3.8, 4) is 0 Å². The van der Waals surface area contributed by atoms with Gasteiger partial charge in [0.2, 0.25) is 0 Å². The van der Waals surface area contributed by atoms with Crippen LogP contribution in [0.25, 0.3) is 0 Å². The van der Waals surface area contributed by atoms with Crippen LogP contribution in [0.3, 0.4) is 0 Å². The van der Waals surface area contributed by atoms with Crippen LogP contribution in [0.15, 0.2) is 12.1 Å². The summed E-state index contributed by atoms with van der Waals surface area (Å²) in [5.74, 6) is -1.31. The zero-order valence-corrected chi connectivity index (χ0v) is 12.7. The second-order valence-corrected chi connectivity index (χ2v) is 5.81. The molecular formula is C13H14ClF3N4O2. The standard InChI is InChI=1S/C13H14ClF3N4O2/c14-10-1-2-11(19-18-10)21-5-6-23-9-3-4-20(7-8(9)21)12(22)13(15,16)17/h1-2,8-9H,3-7H2/t8-,9+/m0/s1. The fourth-order valence-corrected chi connectivity index (χ4v) is 3.08. The second kappa shape index (κ2) is 6.12. The van der Waals surface area contributed by atoms with E-state index in [4.69, 9.17) is 16.3 Å². The summed E-state index contributed by atoms with van der Waals surface area (Å²) in [4.78, 5) is 14.1. The van der Waals surface area contributed by atoms with E-state index in [0.29, 0.717) is 25.4 Å². The van der Waals surface area contributed by atoms with Gasteiger partial charge in [-0.05, 0) is 18.6 Å². The number of rotatable bonds is 1. The number of halogens is 4. The number of carbonyl (C=O) groups excluding carboxylic acids is 1. The van der Waals surface area contributed by atoms with Gasteiger partial charge in [0, 0.05) is 19.6 Å². The summed E-state index contributed by atoms with van der Waals surface area (Å²) in [6.45, 7) is 0.872. The maximum Gasteiger partial charge on any atom is 0.471 e. The van der Waals surface area contributed by atoms with Gasteiger partial charge >= 0.3 is 12.1 Å². The van der Waals surface area contributed by atoms with Crippen molar-refractivity contribution >= 4 is 23.3 Å². The average Bonchev–Trinajstić information content (AvgIpc) is 2.53. The molecule has 10 heteroatoms. The third kappa shape index (κ3) is 3.35. The van der Waals surface area contributed by atoms with Crippen LogP contribution in [-0.2, 0) is 9.53 Å². The normalized spacial score (nSPS) is 25.2. The van der Waals surface area contributed by atoms with E-state index in [1.54, 1.807) is 12.1 Å². The van der Waals surface area contributed by atoms with Gasteiger partial charge in [-0.3, -0.25) is 4.79 Å². The van der Waals surface area contributed by atoms with Gasteiger partial charge in [0.05, 0.1) is 18.8 Å². The predicted octanol–water partition coefficient (Wildman–Crippen LogP) is 1.50. The molecule has 3 rings (SSSR count). The van der Waals surface area contributed by atoms with Crippen LogP contribution in [0.4, 0.5) is 19.0 Å². The minimum Gasteiger partial charge on any atom is -0.374 e. The van der Waals surface area contributed by atoms with Gasteiger partial charge in [0.25, 0.3) is 0 Å². The Labute approximate surface area is 135 Å². The first-order chi connectivity index (χ1) is 10.9. The molecule has 3 heterocycles. The molecule has 0 N–H and O–H groups in total. The molecule has 0 unspecified atom stereocenters. The van der Waals surface area contributed by atoms with Crippen molar-refractivity contribution in [2.24, 2.45) is 0 Å². The Morgan fingerprint density at radius 1 is 1.30 bits per heavy atom. The molecule has 2 aliphatic heterocycles. The van der Waals surface area contributed by atoms with E-state index in [1.807, 2.05) is 4.90 Å². The van der Waals surface area contributed by atoms with Gasteiger partial charge in [-0.25, -0.2) is 0 Å². The summed E-state index contributed by atoms with van der Waals surface area (Å²) in [6, 6.07) is 2.83. The van der Waals surface area contributed by atoms with Crippen molar-refractivity contribution in [2.75, 3.05) is 31.1 Å². The van der Waals surface area contributed by atoms with Gasteiger partial charge in [-0.1, -0.05) is 11.6 Å². The molecule has 0 aliphatic carbocycles. The summed E-state index contributed by atoms with van der Waals surface area (Å²) in [6.07, 6.45) is -4.75. The first-order valence-electron chi connectivity index (χ1n) is 7.10. The number of nitrogens with zero attached hydrogens (tertiary/aromatic N) is 4. The highest BCUT2D eigenvalue weighted by molar-refractivity contribution is 6.29. The number of piperidine rings is 1. The Hall–Kier alpha value is -1.61. The van der Waals surface area contributed by atoms with Crippen LogP contribution in [0, 0.1) is 0 Å². The summed E-state index contributed by atoms with van der Waals surface area (Å²) in [5.41, 5.74) is 0. The fraction of sp³-hybridized carbons (Fsp3) is 0.615. The molecule has 126 valence electrons. The number of hydrogen-bond acceptors (Lipinski definition) is 5. The molecule has 6 nitrogen and oxygen atoms in total. The van der Waals surface area contributed by atoms with Gasteiger partial charge in [0.15, 0.2) is 11.0 Å². The van der Waals surface area contributed by atoms with Crippen molar-refractivity contribution in [1.82, 2.24) is 15.1 Å². The van der Waals surface area contributed by atoms with Crippen molar-refractivity contribution < 1.29 is 22.7 Å². The number of morpholine rings is 1. The molecule has 23 heavy (non-hydrogen) atoms. The molecular weight excluding hydrogens is 337 g/mol. The fourth-order valence-electron chi connectivity index (χ4n) is 2.98. The van der Waals surface area contributed by atoms with Gasteiger partial charge in [-0.15, -0.1) is 10.2 Å². The number of fused-ring (bicyclic) bond motifs is 1. The largest absolute Gasteiger partial charge is 0.471 e. The Morgan fingerprint density at radius 3 is 2.74 bits per heavy atom. The first kappa shape index (κ1) is 16.3. The monoisotopic (exact) mass is 350 g/mol. The minimum atomic E-state index is -4.87. The highest BCUT2D eigenvalue weighted by atomic mass is 35.5. The summed E-state index contributed by atoms with van der Waals surface area (Å²) in [5, 5.41) is 7.96. The van der Waals surface area contributed by atoms with Crippen molar-refractivity contribution in [3.63, 3.8) is 0 Å². The smallest absolute Gasteiger partial charge is 0.374 e. The summed E-state index contributed by atoms with van der Waals surface area (Å²) < 4.78 is 43.6. The van der Waals surface area contributed by atoms with Crippen LogP contribution < -0.4 is 4.90 Å². The Balaban J connectivity index is 1.80. The Kier molecular flexibility index (Phi) is 4.33. The van der Waals surface area contributed by atoms with E-state index in [1.165, 1.54) is 0 Å². The molecule has 2 atom stereocenters. The number of hydrogen-bond donors (Lipinski definition) is 0. The highest BCUT2D eigenvalue weighted by Gasteiger charge is 2.47. The van der Waals surface area contributed by atoms with Crippen LogP contribution in [-0.4, -0.2) is 65.6 Å². The van der Waals surface area contributed by atoms with E-state index >= 15 is 0 Å². The van der Waals surface area contributed by atoms with Crippen LogP contribution in [0.2, 0.25) is 5.15 Å².